The van der Waals surface area contributed by atoms with Gasteiger partial charge in [0.25, 0.3) is 0 Å². The molecule has 0 aliphatic heterocycles. The van der Waals surface area contributed by atoms with E-state index in [1.54, 1.807) is 24.3 Å². The van der Waals surface area contributed by atoms with Gasteiger partial charge in [-0.25, -0.2) is 4.79 Å². The molecule has 0 aliphatic rings. The molecule has 0 fully saturated rings. The van der Waals surface area contributed by atoms with Gasteiger partial charge in [0.15, 0.2) is 0 Å². The average molecular weight is 235 g/mol. The highest BCUT2D eigenvalue weighted by atomic mass is 16.7. The van der Waals surface area contributed by atoms with Crippen LogP contribution in [0.1, 0.15) is 32.8 Å². The van der Waals surface area contributed by atoms with E-state index in [1.165, 1.54) is 6.21 Å². The van der Waals surface area contributed by atoms with Gasteiger partial charge in [0.2, 0.25) is 0 Å². The molecule has 4 nitrogen and oxygen atoms in total. The SMILES string of the molecule is CC(C)(C)CC(=O)O/N=C/c1ccc(O)cc1. The van der Waals surface area contributed by atoms with Gasteiger partial charge in [-0.1, -0.05) is 25.9 Å². The smallest absolute Gasteiger partial charge is 0.335 e. The Balaban J connectivity index is 2.45. The number of carbonyl (C=O) groups is 1. The van der Waals surface area contributed by atoms with Crippen molar-refractivity contribution < 1.29 is 14.7 Å². The molecule has 1 N–H and O–H groups in total. The standard InChI is InChI=1S/C13H17NO3/c1-13(2,3)8-12(16)17-14-9-10-4-6-11(15)7-5-10/h4-7,9,15H,8H2,1-3H3/b14-9+. The lowest BCUT2D eigenvalue weighted by Crippen LogP contribution is -2.13. The number of phenolic OH excluding ortho intramolecular Hbond substituents is 1. The molecule has 0 saturated heterocycles. The Morgan fingerprint density at radius 3 is 2.47 bits per heavy atom. The first-order valence-corrected chi connectivity index (χ1v) is 5.39. The third kappa shape index (κ3) is 5.70. The first-order chi connectivity index (χ1) is 7.87. The molecule has 17 heavy (non-hydrogen) atoms. The third-order valence-corrected chi connectivity index (χ3v) is 1.92. The van der Waals surface area contributed by atoms with Crippen LogP contribution in [0.4, 0.5) is 0 Å². The van der Waals surface area contributed by atoms with Crippen molar-refractivity contribution in [1.82, 2.24) is 0 Å². The van der Waals surface area contributed by atoms with Crippen molar-refractivity contribution in [3.8, 4) is 5.75 Å². The van der Waals surface area contributed by atoms with Crippen LogP contribution < -0.4 is 0 Å². The Labute approximate surface area is 101 Å². The zero-order valence-electron chi connectivity index (χ0n) is 10.3. The van der Waals surface area contributed by atoms with E-state index < -0.39 is 0 Å². The van der Waals surface area contributed by atoms with E-state index in [-0.39, 0.29) is 17.1 Å². The minimum atomic E-state index is -0.354. The molecule has 0 radical (unpaired) electrons. The number of benzene rings is 1. The maximum absolute atomic E-state index is 11.3. The van der Waals surface area contributed by atoms with Crippen molar-refractivity contribution in [1.29, 1.82) is 0 Å². The highest BCUT2D eigenvalue weighted by molar-refractivity contribution is 5.80. The van der Waals surface area contributed by atoms with Crippen molar-refractivity contribution >= 4 is 12.2 Å². The molecule has 0 heterocycles. The Morgan fingerprint density at radius 2 is 1.94 bits per heavy atom. The predicted molar refractivity (Wildman–Crippen MR) is 65.9 cm³/mol. The molecule has 0 unspecified atom stereocenters. The van der Waals surface area contributed by atoms with Crippen molar-refractivity contribution in [2.45, 2.75) is 27.2 Å². The molecule has 0 atom stereocenters. The van der Waals surface area contributed by atoms with Crippen molar-refractivity contribution in [3.05, 3.63) is 29.8 Å². The van der Waals surface area contributed by atoms with Crippen molar-refractivity contribution in [3.63, 3.8) is 0 Å². The lowest BCUT2D eigenvalue weighted by atomic mass is 9.93. The van der Waals surface area contributed by atoms with Gasteiger partial charge in [-0.15, -0.1) is 0 Å². The second-order valence-corrected chi connectivity index (χ2v) is 5.03. The average Bonchev–Trinajstić information content (AvgIpc) is 2.18. The van der Waals surface area contributed by atoms with Crippen LogP contribution in [-0.4, -0.2) is 17.3 Å². The molecular formula is C13H17NO3. The quantitative estimate of drug-likeness (QED) is 0.498. The Bertz CT molecular complexity index is 402. The molecule has 4 heteroatoms. The zero-order chi connectivity index (χ0) is 12.9. The van der Waals surface area contributed by atoms with Gasteiger partial charge >= 0.3 is 5.97 Å². The van der Waals surface area contributed by atoms with Crippen LogP contribution in [0.2, 0.25) is 0 Å². The molecule has 1 aromatic rings. The second-order valence-electron chi connectivity index (χ2n) is 5.03. The molecular weight excluding hydrogens is 218 g/mol. The summed E-state index contributed by atoms with van der Waals surface area (Å²) in [5, 5.41) is 12.7. The largest absolute Gasteiger partial charge is 0.508 e. The normalized spacial score (nSPS) is 11.7. The number of phenols is 1. The monoisotopic (exact) mass is 235 g/mol. The van der Waals surface area contributed by atoms with E-state index in [0.29, 0.717) is 6.42 Å². The van der Waals surface area contributed by atoms with E-state index in [2.05, 4.69) is 5.16 Å². The topological polar surface area (TPSA) is 58.9 Å². The Hall–Kier alpha value is -1.84. The van der Waals surface area contributed by atoms with E-state index in [1.807, 2.05) is 20.8 Å². The van der Waals surface area contributed by atoms with E-state index in [9.17, 15) is 4.79 Å². The van der Waals surface area contributed by atoms with Crippen LogP contribution in [-0.2, 0) is 9.63 Å². The lowest BCUT2D eigenvalue weighted by molar-refractivity contribution is -0.145. The van der Waals surface area contributed by atoms with Gasteiger partial charge in [-0.05, 0) is 35.2 Å². The molecule has 0 aromatic heterocycles. The molecule has 0 bridgehead atoms. The minimum absolute atomic E-state index is 0.106. The Morgan fingerprint density at radius 1 is 1.35 bits per heavy atom. The number of carbonyl (C=O) groups excluding carboxylic acids is 1. The summed E-state index contributed by atoms with van der Waals surface area (Å²) in [5.74, 6) is -0.167. The molecule has 0 saturated carbocycles. The van der Waals surface area contributed by atoms with Crippen LogP contribution >= 0.6 is 0 Å². The number of aromatic hydroxyl groups is 1. The summed E-state index contributed by atoms with van der Waals surface area (Å²) in [4.78, 5) is 16.0. The summed E-state index contributed by atoms with van der Waals surface area (Å²) in [6.45, 7) is 5.87. The number of rotatable bonds is 3. The maximum atomic E-state index is 11.3. The van der Waals surface area contributed by atoms with Crippen molar-refractivity contribution in [2.75, 3.05) is 0 Å². The number of nitrogens with zero attached hydrogens (tertiary/aromatic N) is 1. The highest BCUT2D eigenvalue weighted by Gasteiger charge is 2.16. The van der Waals surface area contributed by atoms with E-state index in [0.717, 1.165) is 5.56 Å². The van der Waals surface area contributed by atoms with Crippen LogP contribution in [0.3, 0.4) is 0 Å². The number of hydrogen-bond donors (Lipinski definition) is 1. The van der Waals surface area contributed by atoms with Crippen LogP contribution in [0.25, 0.3) is 0 Å². The van der Waals surface area contributed by atoms with Gasteiger partial charge in [0.1, 0.15) is 5.75 Å². The summed E-state index contributed by atoms with van der Waals surface area (Å²) < 4.78 is 0. The first-order valence-electron chi connectivity index (χ1n) is 5.39. The van der Waals surface area contributed by atoms with Gasteiger partial charge < -0.3 is 9.94 Å². The van der Waals surface area contributed by atoms with E-state index >= 15 is 0 Å². The highest BCUT2D eigenvalue weighted by Crippen LogP contribution is 2.18. The minimum Gasteiger partial charge on any atom is -0.508 e. The van der Waals surface area contributed by atoms with Crippen LogP contribution in [0.5, 0.6) is 5.75 Å². The summed E-state index contributed by atoms with van der Waals surface area (Å²) in [6, 6.07) is 6.43. The molecule has 1 rings (SSSR count). The van der Waals surface area contributed by atoms with E-state index in [4.69, 9.17) is 9.94 Å². The molecule has 1 aromatic carbocycles. The zero-order valence-corrected chi connectivity index (χ0v) is 10.3. The molecule has 0 aliphatic carbocycles. The second kappa shape index (κ2) is 5.48. The van der Waals surface area contributed by atoms with Crippen LogP contribution in [0.15, 0.2) is 29.4 Å². The predicted octanol–water partition coefficient (Wildman–Crippen LogP) is 2.71. The van der Waals surface area contributed by atoms with Gasteiger partial charge in [0, 0.05) is 0 Å². The fraction of sp³-hybridized carbons (Fsp3) is 0.385. The summed E-state index contributed by atoms with van der Waals surface area (Å²) in [6.07, 6.45) is 1.75. The number of oxime groups is 1. The van der Waals surface area contributed by atoms with Gasteiger partial charge in [-0.3, -0.25) is 0 Å². The number of hydrogen-bond acceptors (Lipinski definition) is 4. The van der Waals surface area contributed by atoms with Gasteiger partial charge in [-0.2, -0.15) is 0 Å². The summed E-state index contributed by atoms with van der Waals surface area (Å²) in [5.41, 5.74) is 0.650. The van der Waals surface area contributed by atoms with Gasteiger partial charge in [0.05, 0.1) is 12.6 Å². The molecule has 92 valence electrons. The maximum Gasteiger partial charge on any atom is 0.335 e. The third-order valence-electron chi connectivity index (χ3n) is 1.92. The lowest BCUT2D eigenvalue weighted by Gasteiger charge is -2.14. The van der Waals surface area contributed by atoms with Crippen LogP contribution in [0, 0.1) is 5.41 Å². The summed E-state index contributed by atoms with van der Waals surface area (Å²) in [7, 11) is 0. The fourth-order valence-electron chi connectivity index (χ4n) is 1.17. The summed E-state index contributed by atoms with van der Waals surface area (Å²) >= 11 is 0. The Kier molecular flexibility index (Phi) is 4.26. The fourth-order valence-corrected chi connectivity index (χ4v) is 1.17. The first kappa shape index (κ1) is 13.2. The molecule has 0 spiro atoms. The van der Waals surface area contributed by atoms with Crippen molar-refractivity contribution in [2.24, 2.45) is 10.6 Å². The molecule has 0 amide bonds.